The number of thioether (sulfide) groups is 1. The van der Waals surface area contributed by atoms with Gasteiger partial charge in [-0.1, -0.05) is 30.8 Å². The molecule has 1 aromatic heterocycles. The number of benzene rings is 1. The van der Waals surface area contributed by atoms with Crippen LogP contribution in [-0.2, 0) is 4.79 Å². The molecular weight excluding hydrogens is 382 g/mol. The van der Waals surface area contributed by atoms with Crippen LogP contribution in [0.25, 0.3) is 5.69 Å². The van der Waals surface area contributed by atoms with E-state index >= 15 is 0 Å². The van der Waals surface area contributed by atoms with Crippen molar-refractivity contribution in [1.82, 2.24) is 25.0 Å². The molecule has 1 saturated heterocycles. The summed E-state index contributed by atoms with van der Waals surface area (Å²) in [6.45, 7) is 12.6. The molecule has 2 heterocycles. The number of amides is 1. The van der Waals surface area contributed by atoms with Crippen LogP contribution in [0.15, 0.2) is 23.4 Å². The Hall–Kier alpha value is -1.86. The first kappa shape index (κ1) is 21.8. The maximum absolute atomic E-state index is 12.3. The summed E-state index contributed by atoms with van der Waals surface area (Å²) < 4.78 is 2.04. The highest BCUT2D eigenvalue weighted by atomic mass is 32.2. The van der Waals surface area contributed by atoms with Crippen molar-refractivity contribution in [3.8, 4) is 5.69 Å². The first-order chi connectivity index (χ1) is 13.9. The molecule has 0 unspecified atom stereocenters. The van der Waals surface area contributed by atoms with Gasteiger partial charge >= 0.3 is 0 Å². The molecule has 6 nitrogen and oxygen atoms in total. The second-order valence-electron chi connectivity index (χ2n) is 8.17. The standard InChI is InChI=1S/C22H33N5OS/c1-16-8-12-26(13-9-16)11-5-10-23-21(28)15-29-22-25-24-19(4)27(22)20-14-17(2)6-7-18(20)3/h6-7,14,16H,5,8-13,15H2,1-4H3,(H,23,28). The molecule has 1 amide bonds. The molecule has 158 valence electrons. The third-order valence-electron chi connectivity index (χ3n) is 5.58. The fourth-order valence-electron chi connectivity index (χ4n) is 3.67. The third-order valence-corrected chi connectivity index (χ3v) is 6.51. The molecule has 0 aliphatic carbocycles. The maximum Gasteiger partial charge on any atom is 0.230 e. The molecule has 1 N–H and O–H groups in total. The number of hydrogen-bond acceptors (Lipinski definition) is 5. The lowest BCUT2D eigenvalue weighted by Crippen LogP contribution is -2.35. The molecule has 0 saturated carbocycles. The highest BCUT2D eigenvalue weighted by molar-refractivity contribution is 7.99. The van der Waals surface area contributed by atoms with Gasteiger partial charge in [-0.15, -0.1) is 10.2 Å². The van der Waals surface area contributed by atoms with Crippen LogP contribution < -0.4 is 5.32 Å². The Morgan fingerprint density at radius 1 is 1.21 bits per heavy atom. The van der Waals surface area contributed by atoms with Gasteiger partial charge in [-0.25, -0.2) is 0 Å². The van der Waals surface area contributed by atoms with Gasteiger partial charge < -0.3 is 10.2 Å². The summed E-state index contributed by atoms with van der Waals surface area (Å²) >= 11 is 1.44. The molecule has 7 heteroatoms. The van der Waals surface area contributed by atoms with Gasteiger partial charge in [0, 0.05) is 6.54 Å². The summed E-state index contributed by atoms with van der Waals surface area (Å²) in [7, 11) is 0. The Morgan fingerprint density at radius 3 is 2.72 bits per heavy atom. The lowest BCUT2D eigenvalue weighted by Gasteiger charge is -2.30. The first-order valence-electron chi connectivity index (χ1n) is 10.6. The smallest absolute Gasteiger partial charge is 0.230 e. The average Bonchev–Trinajstić information content (AvgIpc) is 3.07. The van der Waals surface area contributed by atoms with Crippen molar-refractivity contribution in [2.75, 3.05) is 31.9 Å². The molecule has 0 atom stereocenters. The van der Waals surface area contributed by atoms with Crippen molar-refractivity contribution in [3.63, 3.8) is 0 Å². The van der Waals surface area contributed by atoms with Crippen LogP contribution in [0, 0.1) is 26.7 Å². The van der Waals surface area contributed by atoms with Crippen molar-refractivity contribution in [2.45, 2.75) is 52.1 Å². The molecule has 0 bridgehead atoms. The fourth-order valence-corrected chi connectivity index (χ4v) is 4.49. The van der Waals surface area contributed by atoms with Gasteiger partial charge in [0.25, 0.3) is 0 Å². The quantitative estimate of drug-likeness (QED) is 0.528. The molecular formula is C22H33N5OS. The summed E-state index contributed by atoms with van der Waals surface area (Å²) in [5.41, 5.74) is 3.43. The number of rotatable bonds is 8. The Balaban J connectivity index is 1.47. The minimum Gasteiger partial charge on any atom is -0.355 e. The number of nitrogens with one attached hydrogen (secondary N) is 1. The van der Waals surface area contributed by atoms with Crippen molar-refractivity contribution in [3.05, 3.63) is 35.2 Å². The number of carbonyl (C=O) groups is 1. The number of piperidine rings is 1. The lowest BCUT2D eigenvalue weighted by molar-refractivity contribution is -0.118. The van der Waals surface area contributed by atoms with E-state index in [0.29, 0.717) is 5.75 Å². The van der Waals surface area contributed by atoms with E-state index in [2.05, 4.69) is 59.4 Å². The number of aryl methyl sites for hydroxylation is 3. The predicted molar refractivity (Wildman–Crippen MR) is 119 cm³/mol. The van der Waals surface area contributed by atoms with Crippen LogP contribution in [0.4, 0.5) is 0 Å². The topological polar surface area (TPSA) is 63.1 Å². The molecule has 0 radical (unpaired) electrons. The molecule has 29 heavy (non-hydrogen) atoms. The van der Waals surface area contributed by atoms with Crippen LogP contribution in [0.5, 0.6) is 0 Å². The Morgan fingerprint density at radius 2 is 1.97 bits per heavy atom. The molecule has 1 aliphatic heterocycles. The van der Waals surface area contributed by atoms with E-state index < -0.39 is 0 Å². The second kappa shape index (κ2) is 10.3. The van der Waals surface area contributed by atoms with Crippen molar-refractivity contribution < 1.29 is 4.79 Å². The van der Waals surface area contributed by atoms with Gasteiger partial charge in [0.1, 0.15) is 5.82 Å². The van der Waals surface area contributed by atoms with Crippen LogP contribution in [0.2, 0.25) is 0 Å². The largest absolute Gasteiger partial charge is 0.355 e. The highest BCUT2D eigenvalue weighted by Crippen LogP contribution is 2.24. The Kier molecular flexibility index (Phi) is 7.72. The van der Waals surface area contributed by atoms with E-state index in [4.69, 9.17) is 0 Å². The van der Waals surface area contributed by atoms with Crippen LogP contribution in [0.3, 0.4) is 0 Å². The molecule has 1 aromatic carbocycles. The van der Waals surface area contributed by atoms with Crippen LogP contribution in [0.1, 0.15) is 43.1 Å². The summed E-state index contributed by atoms with van der Waals surface area (Å²) in [4.78, 5) is 14.8. The molecule has 1 aliphatic rings. The molecule has 0 spiro atoms. The lowest BCUT2D eigenvalue weighted by atomic mass is 9.99. The van der Waals surface area contributed by atoms with Gasteiger partial charge in [0.05, 0.1) is 11.4 Å². The van der Waals surface area contributed by atoms with Crippen molar-refractivity contribution >= 4 is 17.7 Å². The van der Waals surface area contributed by atoms with E-state index in [1.165, 1.54) is 43.3 Å². The monoisotopic (exact) mass is 415 g/mol. The Labute approximate surface area is 178 Å². The summed E-state index contributed by atoms with van der Waals surface area (Å²) in [5, 5.41) is 12.3. The molecule has 2 aromatic rings. The minimum absolute atomic E-state index is 0.0513. The Bertz CT molecular complexity index is 827. The SMILES string of the molecule is Cc1ccc(C)c(-n2c(C)nnc2SCC(=O)NCCCN2CCC(C)CC2)c1. The first-order valence-corrected chi connectivity index (χ1v) is 11.5. The zero-order chi connectivity index (χ0) is 20.8. The van der Waals surface area contributed by atoms with Gasteiger partial charge in [0.15, 0.2) is 5.16 Å². The predicted octanol–water partition coefficient (Wildman–Crippen LogP) is 3.52. The highest BCUT2D eigenvalue weighted by Gasteiger charge is 2.16. The zero-order valence-corrected chi connectivity index (χ0v) is 18.9. The van der Waals surface area contributed by atoms with E-state index in [1.807, 2.05) is 11.5 Å². The normalized spacial score (nSPS) is 15.6. The van der Waals surface area contributed by atoms with Gasteiger partial charge in [0.2, 0.25) is 5.91 Å². The number of aromatic nitrogens is 3. The van der Waals surface area contributed by atoms with E-state index in [-0.39, 0.29) is 5.91 Å². The third kappa shape index (κ3) is 6.06. The minimum atomic E-state index is 0.0513. The maximum atomic E-state index is 12.3. The zero-order valence-electron chi connectivity index (χ0n) is 18.1. The number of likely N-dealkylation sites (tertiary alicyclic amines) is 1. The summed E-state index contributed by atoms with van der Waals surface area (Å²) in [6, 6.07) is 6.34. The van der Waals surface area contributed by atoms with Crippen LogP contribution in [-0.4, -0.2) is 57.5 Å². The molecule has 1 fully saturated rings. The molecule has 3 rings (SSSR count). The van der Waals surface area contributed by atoms with Gasteiger partial charge in [-0.05, 0) is 82.8 Å². The number of nitrogens with zero attached hydrogens (tertiary/aromatic N) is 4. The van der Waals surface area contributed by atoms with E-state index in [0.717, 1.165) is 47.7 Å². The van der Waals surface area contributed by atoms with E-state index in [9.17, 15) is 4.79 Å². The van der Waals surface area contributed by atoms with Gasteiger partial charge in [-0.3, -0.25) is 9.36 Å². The average molecular weight is 416 g/mol. The van der Waals surface area contributed by atoms with Crippen LogP contribution >= 0.6 is 11.8 Å². The van der Waals surface area contributed by atoms with Crippen molar-refractivity contribution in [2.24, 2.45) is 5.92 Å². The number of hydrogen-bond donors (Lipinski definition) is 1. The summed E-state index contributed by atoms with van der Waals surface area (Å²) in [5.74, 6) is 2.09. The van der Waals surface area contributed by atoms with Crippen molar-refractivity contribution in [1.29, 1.82) is 0 Å². The number of carbonyl (C=O) groups excluding carboxylic acids is 1. The van der Waals surface area contributed by atoms with Gasteiger partial charge in [-0.2, -0.15) is 0 Å². The van der Waals surface area contributed by atoms with E-state index in [1.54, 1.807) is 0 Å². The fraction of sp³-hybridized carbons (Fsp3) is 0.591. The second-order valence-corrected chi connectivity index (χ2v) is 9.11. The summed E-state index contributed by atoms with van der Waals surface area (Å²) in [6.07, 6.45) is 3.59.